The topological polar surface area (TPSA) is 46.9 Å². The van der Waals surface area contributed by atoms with Crippen molar-refractivity contribution in [2.24, 2.45) is 0 Å². The van der Waals surface area contributed by atoms with E-state index >= 15 is 0 Å². The molecule has 0 aliphatic rings. The highest BCUT2D eigenvalue weighted by atomic mass is 32.2. The Morgan fingerprint density at radius 3 is 2.85 bits per heavy atom. The number of carbonyl (C=O) groups excluding carboxylic acids is 1. The van der Waals surface area contributed by atoms with Gasteiger partial charge in [0.25, 0.3) is 0 Å². The molecule has 0 saturated heterocycles. The SMILES string of the molecule is CNC(=O)C(C)Sc1nccn1-c1cc(C)ccc1C. The first-order chi connectivity index (χ1) is 9.52. The average molecular weight is 289 g/mol. The molecule has 0 saturated carbocycles. The zero-order valence-corrected chi connectivity index (χ0v) is 13.0. The third-order valence-electron chi connectivity index (χ3n) is 3.13. The molecule has 0 radical (unpaired) electrons. The van der Waals surface area contributed by atoms with Gasteiger partial charge in [0.2, 0.25) is 5.91 Å². The van der Waals surface area contributed by atoms with Crippen LogP contribution in [0.2, 0.25) is 0 Å². The summed E-state index contributed by atoms with van der Waals surface area (Å²) in [4.78, 5) is 16.0. The number of benzene rings is 1. The summed E-state index contributed by atoms with van der Waals surface area (Å²) in [7, 11) is 1.65. The fourth-order valence-corrected chi connectivity index (χ4v) is 2.89. The van der Waals surface area contributed by atoms with E-state index in [0.29, 0.717) is 0 Å². The Bertz CT molecular complexity index is 621. The first kappa shape index (κ1) is 14.7. The zero-order chi connectivity index (χ0) is 14.7. The van der Waals surface area contributed by atoms with E-state index in [1.54, 1.807) is 13.2 Å². The summed E-state index contributed by atoms with van der Waals surface area (Å²) >= 11 is 1.46. The molecule has 1 aromatic carbocycles. The Morgan fingerprint density at radius 2 is 2.15 bits per heavy atom. The molecule has 0 fully saturated rings. The second-order valence-electron chi connectivity index (χ2n) is 4.74. The Labute approximate surface area is 123 Å². The number of hydrogen-bond acceptors (Lipinski definition) is 3. The molecule has 5 heteroatoms. The summed E-state index contributed by atoms with van der Waals surface area (Å²) in [5.41, 5.74) is 3.49. The number of hydrogen-bond donors (Lipinski definition) is 1. The molecule has 2 aromatic rings. The quantitative estimate of drug-likeness (QED) is 0.880. The maximum atomic E-state index is 11.6. The van der Waals surface area contributed by atoms with Crippen LogP contribution in [-0.4, -0.2) is 27.8 Å². The van der Waals surface area contributed by atoms with Gasteiger partial charge < -0.3 is 5.32 Å². The normalized spacial score (nSPS) is 12.2. The van der Waals surface area contributed by atoms with Gasteiger partial charge in [-0.1, -0.05) is 23.9 Å². The Balaban J connectivity index is 2.33. The summed E-state index contributed by atoms with van der Waals surface area (Å²) in [5, 5.41) is 3.31. The van der Waals surface area contributed by atoms with Crippen LogP contribution in [0.5, 0.6) is 0 Å². The molecule has 1 unspecified atom stereocenters. The summed E-state index contributed by atoms with van der Waals surface area (Å²) in [6.07, 6.45) is 3.70. The van der Waals surface area contributed by atoms with Crippen LogP contribution in [-0.2, 0) is 4.79 Å². The van der Waals surface area contributed by atoms with Crippen molar-refractivity contribution in [2.75, 3.05) is 7.05 Å². The second-order valence-corrected chi connectivity index (χ2v) is 6.05. The molecule has 0 aliphatic carbocycles. The number of aromatic nitrogens is 2. The number of amides is 1. The number of aryl methyl sites for hydroxylation is 2. The van der Waals surface area contributed by atoms with Gasteiger partial charge in [-0.15, -0.1) is 0 Å². The summed E-state index contributed by atoms with van der Waals surface area (Å²) in [6, 6.07) is 6.32. The van der Waals surface area contributed by atoms with Crippen molar-refractivity contribution in [3.8, 4) is 5.69 Å². The Morgan fingerprint density at radius 1 is 1.40 bits per heavy atom. The van der Waals surface area contributed by atoms with E-state index in [-0.39, 0.29) is 11.2 Å². The van der Waals surface area contributed by atoms with Gasteiger partial charge in [-0.3, -0.25) is 9.36 Å². The number of carbonyl (C=O) groups is 1. The summed E-state index contributed by atoms with van der Waals surface area (Å²) < 4.78 is 2.03. The molecule has 1 N–H and O–H groups in total. The van der Waals surface area contributed by atoms with E-state index in [2.05, 4.69) is 42.3 Å². The van der Waals surface area contributed by atoms with E-state index in [1.807, 2.05) is 17.7 Å². The van der Waals surface area contributed by atoms with Gasteiger partial charge in [0.1, 0.15) is 0 Å². The van der Waals surface area contributed by atoms with Crippen LogP contribution < -0.4 is 5.32 Å². The molecule has 4 nitrogen and oxygen atoms in total. The van der Waals surface area contributed by atoms with Crippen molar-refractivity contribution in [2.45, 2.75) is 31.2 Å². The molecule has 20 heavy (non-hydrogen) atoms. The minimum atomic E-state index is -0.175. The van der Waals surface area contributed by atoms with Gasteiger partial charge >= 0.3 is 0 Å². The Kier molecular flexibility index (Phi) is 4.49. The maximum absolute atomic E-state index is 11.6. The van der Waals surface area contributed by atoms with E-state index in [1.165, 1.54) is 22.9 Å². The predicted molar refractivity (Wildman–Crippen MR) is 82.4 cm³/mol. The van der Waals surface area contributed by atoms with Crippen molar-refractivity contribution >= 4 is 17.7 Å². The highest BCUT2D eigenvalue weighted by Gasteiger charge is 2.17. The minimum Gasteiger partial charge on any atom is -0.358 e. The monoisotopic (exact) mass is 289 g/mol. The minimum absolute atomic E-state index is 0.00511. The van der Waals surface area contributed by atoms with E-state index in [0.717, 1.165) is 10.8 Å². The largest absolute Gasteiger partial charge is 0.358 e. The van der Waals surface area contributed by atoms with E-state index in [9.17, 15) is 4.79 Å². The summed E-state index contributed by atoms with van der Waals surface area (Å²) in [6.45, 7) is 6.02. The number of rotatable bonds is 4. The molecule has 0 spiro atoms. The van der Waals surface area contributed by atoms with Gasteiger partial charge in [-0.05, 0) is 38.0 Å². The summed E-state index contributed by atoms with van der Waals surface area (Å²) in [5.74, 6) is 0.00511. The predicted octanol–water partition coefficient (Wildman–Crippen LogP) is 2.72. The van der Waals surface area contributed by atoms with Crippen molar-refractivity contribution in [1.82, 2.24) is 14.9 Å². The van der Waals surface area contributed by atoms with Crippen molar-refractivity contribution in [1.29, 1.82) is 0 Å². The van der Waals surface area contributed by atoms with Gasteiger partial charge in [-0.2, -0.15) is 0 Å². The van der Waals surface area contributed by atoms with Crippen LogP contribution in [0.15, 0.2) is 35.7 Å². The molecule has 106 valence electrons. The highest BCUT2D eigenvalue weighted by Crippen LogP contribution is 2.26. The van der Waals surface area contributed by atoms with E-state index < -0.39 is 0 Å². The van der Waals surface area contributed by atoms with Crippen LogP contribution in [0.4, 0.5) is 0 Å². The number of imidazole rings is 1. The molecule has 0 aliphatic heterocycles. The fraction of sp³-hybridized carbons (Fsp3) is 0.333. The van der Waals surface area contributed by atoms with Crippen molar-refractivity contribution in [3.05, 3.63) is 41.7 Å². The molecule has 1 amide bonds. The molecular formula is C15H19N3OS. The van der Waals surface area contributed by atoms with E-state index in [4.69, 9.17) is 0 Å². The number of thioether (sulfide) groups is 1. The Hall–Kier alpha value is -1.75. The highest BCUT2D eigenvalue weighted by molar-refractivity contribution is 8.00. The van der Waals surface area contributed by atoms with Crippen molar-refractivity contribution in [3.63, 3.8) is 0 Å². The van der Waals surface area contributed by atoms with Crippen LogP contribution in [0.3, 0.4) is 0 Å². The zero-order valence-electron chi connectivity index (χ0n) is 12.2. The van der Waals surface area contributed by atoms with Crippen LogP contribution in [0, 0.1) is 13.8 Å². The smallest absolute Gasteiger partial charge is 0.233 e. The average Bonchev–Trinajstić information content (AvgIpc) is 2.88. The molecule has 1 atom stereocenters. The van der Waals surface area contributed by atoms with Crippen LogP contribution in [0.1, 0.15) is 18.1 Å². The third-order valence-corrected chi connectivity index (χ3v) is 4.21. The second kappa shape index (κ2) is 6.13. The molecule has 0 bridgehead atoms. The standard InChI is InChI=1S/C15H19N3OS/c1-10-5-6-11(2)13(9-10)18-8-7-17-15(18)20-12(3)14(19)16-4/h5-9,12H,1-4H3,(H,16,19). The lowest BCUT2D eigenvalue weighted by atomic mass is 10.1. The fourth-order valence-electron chi connectivity index (χ4n) is 1.95. The van der Waals surface area contributed by atoms with Gasteiger partial charge in [0.05, 0.1) is 10.9 Å². The first-order valence-corrected chi connectivity index (χ1v) is 7.40. The lowest BCUT2D eigenvalue weighted by Gasteiger charge is -2.13. The lowest BCUT2D eigenvalue weighted by Crippen LogP contribution is -2.27. The van der Waals surface area contributed by atoms with Gasteiger partial charge in [0, 0.05) is 19.4 Å². The van der Waals surface area contributed by atoms with Crippen molar-refractivity contribution < 1.29 is 4.79 Å². The van der Waals surface area contributed by atoms with Gasteiger partial charge in [-0.25, -0.2) is 4.98 Å². The lowest BCUT2D eigenvalue weighted by molar-refractivity contribution is -0.119. The number of nitrogens with zero attached hydrogens (tertiary/aromatic N) is 2. The van der Waals surface area contributed by atoms with Gasteiger partial charge in [0.15, 0.2) is 5.16 Å². The molecule has 1 heterocycles. The maximum Gasteiger partial charge on any atom is 0.233 e. The first-order valence-electron chi connectivity index (χ1n) is 6.52. The number of nitrogens with one attached hydrogen (secondary N) is 1. The van der Waals surface area contributed by atoms with Crippen LogP contribution >= 0.6 is 11.8 Å². The van der Waals surface area contributed by atoms with Crippen LogP contribution in [0.25, 0.3) is 5.69 Å². The molecular weight excluding hydrogens is 270 g/mol. The molecule has 1 aromatic heterocycles. The third kappa shape index (κ3) is 3.04. The molecule has 2 rings (SSSR count).